The van der Waals surface area contributed by atoms with Crippen LogP contribution in [0.4, 0.5) is 0 Å². The highest BCUT2D eigenvalue weighted by molar-refractivity contribution is 7.12. The van der Waals surface area contributed by atoms with Crippen molar-refractivity contribution in [3.8, 4) is 0 Å². The van der Waals surface area contributed by atoms with Crippen LogP contribution in [-0.4, -0.2) is 4.98 Å². The number of benzene rings is 1. The van der Waals surface area contributed by atoms with Gasteiger partial charge in [-0.2, -0.15) is 0 Å². The summed E-state index contributed by atoms with van der Waals surface area (Å²) in [7, 11) is 0. The molecule has 3 rings (SSSR count). The monoisotopic (exact) mass is 254 g/mol. The first-order valence-corrected chi connectivity index (χ1v) is 6.72. The van der Waals surface area contributed by atoms with E-state index in [4.69, 9.17) is 5.73 Å². The predicted molar refractivity (Wildman–Crippen MR) is 76.8 cm³/mol. The second-order valence-corrected chi connectivity index (χ2v) is 5.71. The van der Waals surface area contributed by atoms with Crippen molar-refractivity contribution < 1.29 is 0 Å². The van der Waals surface area contributed by atoms with Crippen LogP contribution in [0.5, 0.6) is 0 Å². The molecule has 0 fully saturated rings. The zero-order chi connectivity index (χ0) is 12.5. The van der Waals surface area contributed by atoms with Crippen molar-refractivity contribution in [2.45, 2.75) is 13.0 Å². The smallest absolute Gasteiger partial charge is 0.0702 e. The largest absolute Gasteiger partial charge is 0.320 e. The number of aryl methyl sites for hydroxylation is 1. The van der Waals surface area contributed by atoms with Crippen molar-refractivity contribution in [1.29, 1.82) is 0 Å². The molecule has 2 heterocycles. The summed E-state index contributed by atoms with van der Waals surface area (Å²) in [5.41, 5.74) is 8.37. The van der Waals surface area contributed by atoms with Crippen LogP contribution in [0.25, 0.3) is 10.9 Å². The van der Waals surface area contributed by atoms with E-state index in [1.54, 1.807) is 11.3 Å². The average Bonchev–Trinajstić information content (AvgIpc) is 2.84. The molecule has 0 aliphatic rings. The zero-order valence-corrected chi connectivity index (χ0v) is 10.9. The Kier molecular flexibility index (Phi) is 2.86. The minimum absolute atomic E-state index is 0.0826. The average molecular weight is 254 g/mol. The zero-order valence-electron chi connectivity index (χ0n) is 10.1. The molecule has 2 nitrogen and oxygen atoms in total. The Bertz CT molecular complexity index is 688. The van der Waals surface area contributed by atoms with Crippen LogP contribution in [0.1, 0.15) is 21.4 Å². The number of nitrogens with two attached hydrogens (primary N) is 1. The third-order valence-electron chi connectivity index (χ3n) is 3.04. The van der Waals surface area contributed by atoms with Gasteiger partial charge in [-0.1, -0.05) is 18.2 Å². The minimum atomic E-state index is -0.0826. The number of pyridine rings is 1. The molecule has 0 saturated heterocycles. The van der Waals surface area contributed by atoms with Crippen LogP contribution >= 0.6 is 11.3 Å². The van der Waals surface area contributed by atoms with Gasteiger partial charge < -0.3 is 5.73 Å². The Morgan fingerprint density at radius 3 is 2.78 bits per heavy atom. The molecule has 3 aromatic rings. The van der Waals surface area contributed by atoms with Crippen LogP contribution in [0.3, 0.4) is 0 Å². The van der Waals surface area contributed by atoms with Gasteiger partial charge in [-0.25, -0.2) is 0 Å². The van der Waals surface area contributed by atoms with Crippen LogP contribution < -0.4 is 5.73 Å². The molecule has 0 saturated carbocycles. The Hall–Kier alpha value is -1.71. The van der Waals surface area contributed by atoms with Gasteiger partial charge in [0.2, 0.25) is 0 Å². The molecular weight excluding hydrogens is 240 g/mol. The Labute approximate surface area is 110 Å². The van der Waals surface area contributed by atoms with E-state index in [1.165, 1.54) is 9.75 Å². The molecule has 0 amide bonds. The highest BCUT2D eigenvalue weighted by atomic mass is 32.1. The third kappa shape index (κ3) is 2.03. The molecule has 0 radical (unpaired) electrons. The van der Waals surface area contributed by atoms with Crippen molar-refractivity contribution in [2.24, 2.45) is 5.73 Å². The standard InChI is InChI=1S/C15H14N2S/c1-10-6-7-14(18-10)15(16)12-8-11-4-2-3-5-13(11)17-9-12/h2-9,15H,16H2,1H3. The summed E-state index contributed by atoms with van der Waals surface area (Å²) in [6, 6.07) is 14.3. The lowest BCUT2D eigenvalue weighted by Gasteiger charge is -2.10. The van der Waals surface area contributed by atoms with Crippen molar-refractivity contribution in [3.05, 3.63) is 64.0 Å². The van der Waals surface area contributed by atoms with Crippen molar-refractivity contribution in [2.75, 3.05) is 0 Å². The van der Waals surface area contributed by atoms with E-state index in [9.17, 15) is 0 Å². The molecule has 18 heavy (non-hydrogen) atoms. The summed E-state index contributed by atoms with van der Waals surface area (Å²) in [6.45, 7) is 2.10. The number of nitrogens with zero attached hydrogens (tertiary/aromatic N) is 1. The fraction of sp³-hybridized carbons (Fsp3) is 0.133. The van der Waals surface area contributed by atoms with E-state index in [1.807, 2.05) is 24.4 Å². The second kappa shape index (κ2) is 4.52. The maximum atomic E-state index is 6.29. The highest BCUT2D eigenvalue weighted by Crippen LogP contribution is 2.27. The van der Waals surface area contributed by atoms with Gasteiger partial charge in [-0.3, -0.25) is 4.98 Å². The SMILES string of the molecule is Cc1ccc(C(N)c2cnc3ccccc3c2)s1. The number of rotatable bonds is 2. The molecular formula is C15H14N2S. The van der Waals surface area contributed by atoms with Crippen molar-refractivity contribution in [1.82, 2.24) is 4.98 Å². The molecule has 2 aromatic heterocycles. The minimum Gasteiger partial charge on any atom is -0.320 e. The van der Waals surface area contributed by atoms with E-state index in [0.29, 0.717) is 0 Å². The summed E-state index contributed by atoms with van der Waals surface area (Å²) in [6.07, 6.45) is 1.88. The van der Waals surface area contributed by atoms with Gasteiger partial charge in [0, 0.05) is 21.3 Å². The van der Waals surface area contributed by atoms with Crippen molar-refractivity contribution in [3.63, 3.8) is 0 Å². The molecule has 0 aliphatic heterocycles. The molecule has 1 aromatic carbocycles. The fourth-order valence-corrected chi connectivity index (χ4v) is 2.95. The van der Waals surface area contributed by atoms with Crippen LogP contribution in [-0.2, 0) is 0 Å². The molecule has 0 bridgehead atoms. The van der Waals surface area contributed by atoms with Gasteiger partial charge in [0.05, 0.1) is 11.6 Å². The summed E-state index contributed by atoms with van der Waals surface area (Å²) < 4.78 is 0. The topological polar surface area (TPSA) is 38.9 Å². The lowest BCUT2D eigenvalue weighted by atomic mass is 10.1. The first-order chi connectivity index (χ1) is 8.74. The van der Waals surface area contributed by atoms with Crippen LogP contribution in [0.15, 0.2) is 48.7 Å². The highest BCUT2D eigenvalue weighted by Gasteiger charge is 2.11. The number of hydrogen-bond acceptors (Lipinski definition) is 3. The van der Waals surface area contributed by atoms with Gasteiger partial charge >= 0.3 is 0 Å². The van der Waals surface area contributed by atoms with Gasteiger partial charge in [-0.05, 0) is 36.8 Å². The van der Waals surface area contributed by atoms with E-state index in [0.717, 1.165) is 16.5 Å². The normalized spacial score (nSPS) is 12.8. The van der Waals surface area contributed by atoms with Gasteiger partial charge in [0.1, 0.15) is 0 Å². The van der Waals surface area contributed by atoms with E-state index < -0.39 is 0 Å². The molecule has 1 unspecified atom stereocenters. The number of para-hydroxylation sites is 1. The Morgan fingerprint density at radius 1 is 1.17 bits per heavy atom. The quantitative estimate of drug-likeness (QED) is 0.758. The van der Waals surface area contributed by atoms with E-state index in [2.05, 4.69) is 36.2 Å². The summed E-state index contributed by atoms with van der Waals surface area (Å²) >= 11 is 1.74. The lowest BCUT2D eigenvalue weighted by Crippen LogP contribution is -2.10. The molecule has 0 spiro atoms. The first-order valence-electron chi connectivity index (χ1n) is 5.90. The maximum absolute atomic E-state index is 6.29. The molecule has 0 aliphatic carbocycles. The Balaban J connectivity index is 2.03. The summed E-state index contributed by atoms with van der Waals surface area (Å²) in [4.78, 5) is 6.93. The molecule has 3 heteroatoms. The van der Waals surface area contributed by atoms with E-state index >= 15 is 0 Å². The van der Waals surface area contributed by atoms with Gasteiger partial charge in [0.15, 0.2) is 0 Å². The third-order valence-corrected chi connectivity index (χ3v) is 4.12. The predicted octanol–water partition coefficient (Wildman–Crippen LogP) is 3.65. The number of fused-ring (bicyclic) bond motifs is 1. The molecule has 90 valence electrons. The second-order valence-electron chi connectivity index (χ2n) is 4.39. The van der Waals surface area contributed by atoms with Gasteiger partial charge in [0.25, 0.3) is 0 Å². The first kappa shape index (κ1) is 11.4. The fourth-order valence-electron chi connectivity index (χ4n) is 2.04. The Morgan fingerprint density at radius 2 is 2.00 bits per heavy atom. The van der Waals surface area contributed by atoms with Crippen LogP contribution in [0, 0.1) is 6.92 Å². The lowest BCUT2D eigenvalue weighted by molar-refractivity contribution is 0.888. The number of thiophene rings is 1. The molecule has 1 atom stereocenters. The number of aromatic nitrogens is 1. The molecule has 2 N–H and O–H groups in total. The summed E-state index contributed by atoms with van der Waals surface area (Å²) in [5, 5.41) is 1.14. The van der Waals surface area contributed by atoms with Crippen LogP contribution in [0.2, 0.25) is 0 Å². The maximum Gasteiger partial charge on any atom is 0.0702 e. The number of hydrogen-bond donors (Lipinski definition) is 1. The van der Waals surface area contributed by atoms with Crippen molar-refractivity contribution >= 4 is 22.2 Å². The van der Waals surface area contributed by atoms with E-state index in [-0.39, 0.29) is 6.04 Å². The van der Waals surface area contributed by atoms with Gasteiger partial charge in [-0.15, -0.1) is 11.3 Å². The summed E-state index contributed by atoms with van der Waals surface area (Å²) in [5.74, 6) is 0.